The van der Waals surface area contributed by atoms with Gasteiger partial charge in [0.2, 0.25) is 0 Å². The molecule has 0 saturated carbocycles. The van der Waals surface area contributed by atoms with Crippen LogP contribution in [0.3, 0.4) is 0 Å². The predicted molar refractivity (Wildman–Crippen MR) is 108 cm³/mol. The van der Waals surface area contributed by atoms with Crippen LogP contribution in [0.5, 0.6) is 0 Å². The highest BCUT2D eigenvalue weighted by Gasteiger charge is 2.25. The fourth-order valence-corrected chi connectivity index (χ4v) is 3.63. The summed E-state index contributed by atoms with van der Waals surface area (Å²) >= 11 is 0. The molecular weight excluding hydrogens is 338 g/mol. The van der Waals surface area contributed by atoms with E-state index in [1.165, 1.54) is 44.7 Å². The van der Waals surface area contributed by atoms with Crippen LogP contribution in [-0.2, 0) is 6.42 Å². The molecule has 26 heavy (non-hydrogen) atoms. The third-order valence-corrected chi connectivity index (χ3v) is 4.85. The van der Waals surface area contributed by atoms with Gasteiger partial charge in [-0.3, -0.25) is 0 Å². The van der Waals surface area contributed by atoms with E-state index in [0.717, 1.165) is 6.42 Å². The zero-order valence-corrected chi connectivity index (χ0v) is 15.6. The lowest BCUT2D eigenvalue weighted by Gasteiger charge is -2.26. The summed E-state index contributed by atoms with van der Waals surface area (Å²) < 4.78 is 2.17. The van der Waals surface area contributed by atoms with Crippen LogP contribution >= 0.6 is 0 Å². The first-order chi connectivity index (χ1) is 11.6. The van der Waals surface area contributed by atoms with E-state index in [0.29, 0.717) is 0 Å². The molecule has 0 N–H and O–H groups in total. The van der Waals surface area contributed by atoms with Gasteiger partial charge in [0.1, 0.15) is 14.1 Å². The maximum atomic E-state index is 2.34. The standard InChI is InChI=1S/C23H22N.CH4.ClH/c1-16-9-11-21-18(13-16)14-19-15-20(24(2)3)10-12-22(19)23(21)17-7-5-4-6-8-17;;/h4-13,15H,14H2,1-3H3;1H4;1H/q+1;;/p-1. The molecule has 0 saturated heterocycles. The van der Waals surface area contributed by atoms with Crippen LogP contribution in [0.1, 0.15) is 29.7 Å². The topological polar surface area (TPSA) is 3.01 Å². The normalized spacial score (nSPS) is 14.6. The summed E-state index contributed by atoms with van der Waals surface area (Å²) in [5, 5.41) is 0. The van der Waals surface area contributed by atoms with Crippen molar-refractivity contribution in [3.63, 3.8) is 0 Å². The quantitative estimate of drug-likeness (QED) is 0.683. The van der Waals surface area contributed by atoms with Crippen LogP contribution in [-0.4, -0.2) is 24.4 Å². The van der Waals surface area contributed by atoms with Crippen molar-refractivity contribution < 1.29 is 17.0 Å². The fraction of sp³-hybridized carbons (Fsp3) is 0.208. The number of aryl methyl sites for hydroxylation is 1. The van der Waals surface area contributed by atoms with E-state index in [1.54, 1.807) is 0 Å². The van der Waals surface area contributed by atoms with Gasteiger partial charge in [0.05, 0.1) is 0 Å². The number of fused-ring (bicyclic) bond motifs is 2. The van der Waals surface area contributed by atoms with E-state index in [2.05, 4.69) is 92.4 Å². The average molecular weight is 364 g/mol. The minimum Gasteiger partial charge on any atom is -1.00 e. The van der Waals surface area contributed by atoms with Gasteiger partial charge >= 0.3 is 0 Å². The first-order valence-electron chi connectivity index (χ1n) is 8.46. The largest absolute Gasteiger partial charge is 1.00 e. The molecule has 0 heterocycles. The zero-order chi connectivity index (χ0) is 16.7. The molecule has 0 radical (unpaired) electrons. The molecule has 0 spiro atoms. The van der Waals surface area contributed by atoms with Crippen molar-refractivity contribution in [1.29, 1.82) is 0 Å². The molecular formula is C24H26ClN. The first-order valence-corrected chi connectivity index (χ1v) is 8.46. The Hall–Kier alpha value is -2.38. The van der Waals surface area contributed by atoms with Crippen molar-refractivity contribution in [1.82, 2.24) is 0 Å². The van der Waals surface area contributed by atoms with Crippen LogP contribution in [0.15, 0.2) is 77.9 Å². The third kappa shape index (κ3) is 3.45. The summed E-state index contributed by atoms with van der Waals surface area (Å²) in [6.07, 6.45) is 7.85. The van der Waals surface area contributed by atoms with Crippen molar-refractivity contribution in [3.8, 4) is 0 Å². The Kier molecular flexibility index (Phi) is 6.05. The lowest BCUT2D eigenvalue weighted by atomic mass is 9.77. The molecule has 2 aromatic rings. The molecule has 0 fully saturated rings. The second kappa shape index (κ2) is 7.88. The molecule has 0 unspecified atom stereocenters. The fourth-order valence-electron chi connectivity index (χ4n) is 3.63. The molecule has 0 aliphatic heterocycles. The lowest BCUT2D eigenvalue weighted by molar-refractivity contribution is -0.462. The monoisotopic (exact) mass is 363 g/mol. The first kappa shape index (κ1) is 19.9. The summed E-state index contributed by atoms with van der Waals surface area (Å²) in [4.78, 5) is 0. The number of benzene rings is 2. The Labute approximate surface area is 163 Å². The minimum atomic E-state index is 0. The van der Waals surface area contributed by atoms with E-state index < -0.39 is 0 Å². The molecule has 4 rings (SSSR count). The van der Waals surface area contributed by atoms with Crippen molar-refractivity contribution >= 4 is 11.3 Å². The molecule has 2 aliphatic rings. The summed E-state index contributed by atoms with van der Waals surface area (Å²) in [7, 11) is 4.20. The van der Waals surface area contributed by atoms with Gasteiger partial charge in [0.25, 0.3) is 0 Å². The highest BCUT2D eigenvalue weighted by atomic mass is 35.5. The van der Waals surface area contributed by atoms with E-state index in [-0.39, 0.29) is 19.8 Å². The highest BCUT2D eigenvalue weighted by Crippen LogP contribution is 2.40. The zero-order valence-electron chi connectivity index (χ0n) is 14.9. The second-order valence-corrected chi connectivity index (χ2v) is 6.81. The van der Waals surface area contributed by atoms with Gasteiger partial charge in [0.15, 0.2) is 5.71 Å². The number of rotatable bonds is 1. The van der Waals surface area contributed by atoms with E-state index in [9.17, 15) is 0 Å². The molecule has 1 nitrogen and oxygen atoms in total. The van der Waals surface area contributed by atoms with E-state index in [1.807, 2.05) is 0 Å². The molecule has 2 aliphatic carbocycles. The maximum Gasteiger partial charge on any atom is 0.199 e. The Balaban J connectivity index is 0.00000121. The summed E-state index contributed by atoms with van der Waals surface area (Å²) in [6, 6.07) is 17.6. The molecule has 0 aromatic heterocycles. The van der Waals surface area contributed by atoms with E-state index >= 15 is 0 Å². The number of hydrogen-bond acceptors (Lipinski definition) is 0. The van der Waals surface area contributed by atoms with Crippen molar-refractivity contribution in [2.75, 3.05) is 14.1 Å². The van der Waals surface area contributed by atoms with Gasteiger partial charge in [-0.2, -0.15) is 0 Å². The van der Waals surface area contributed by atoms with Gasteiger partial charge in [-0.25, -0.2) is 4.58 Å². The molecule has 2 aromatic carbocycles. The smallest absolute Gasteiger partial charge is 0.199 e. The van der Waals surface area contributed by atoms with Crippen LogP contribution < -0.4 is 12.4 Å². The van der Waals surface area contributed by atoms with Gasteiger partial charge in [-0.1, -0.05) is 61.5 Å². The van der Waals surface area contributed by atoms with Crippen LogP contribution in [0.4, 0.5) is 0 Å². The van der Waals surface area contributed by atoms with Crippen molar-refractivity contribution in [2.45, 2.75) is 20.8 Å². The number of halogens is 1. The van der Waals surface area contributed by atoms with Crippen molar-refractivity contribution in [3.05, 3.63) is 100 Å². The summed E-state index contributed by atoms with van der Waals surface area (Å²) in [6.45, 7) is 2.17. The number of allylic oxidation sites excluding steroid dienone is 5. The summed E-state index contributed by atoms with van der Waals surface area (Å²) in [5.74, 6) is 0. The predicted octanol–water partition coefficient (Wildman–Crippen LogP) is 2.20. The molecule has 2 heteroatoms. The Bertz CT molecular complexity index is 939. The molecule has 134 valence electrons. The van der Waals surface area contributed by atoms with Crippen LogP contribution in [0, 0.1) is 6.92 Å². The third-order valence-electron chi connectivity index (χ3n) is 4.85. The Morgan fingerprint density at radius 1 is 0.923 bits per heavy atom. The van der Waals surface area contributed by atoms with Gasteiger partial charge in [0, 0.05) is 12.2 Å². The Morgan fingerprint density at radius 3 is 2.35 bits per heavy atom. The number of nitrogens with zero attached hydrogens (tertiary/aromatic N) is 1. The average Bonchev–Trinajstić information content (AvgIpc) is 2.59. The van der Waals surface area contributed by atoms with Gasteiger partial charge in [-0.15, -0.1) is 0 Å². The van der Waals surface area contributed by atoms with Gasteiger partial charge in [-0.05, 0) is 52.8 Å². The van der Waals surface area contributed by atoms with Crippen LogP contribution in [0.25, 0.3) is 5.57 Å². The lowest BCUT2D eigenvalue weighted by Crippen LogP contribution is -3.00. The molecule has 0 bridgehead atoms. The van der Waals surface area contributed by atoms with Crippen LogP contribution in [0.2, 0.25) is 0 Å². The SMILES string of the molecule is C.Cc1ccc2c(c1)CC1=CC(=[N+](C)C)C=CC1=C2c1ccccc1.[Cl-]. The number of hydrogen-bond donors (Lipinski definition) is 0. The molecule has 0 amide bonds. The maximum absolute atomic E-state index is 2.34. The van der Waals surface area contributed by atoms with Crippen molar-refractivity contribution in [2.24, 2.45) is 0 Å². The second-order valence-electron chi connectivity index (χ2n) is 6.81. The van der Waals surface area contributed by atoms with E-state index in [4.69, 9.17) is 0 Å². The molecule has 0 atom stereocenters. The summed E-state index contributed by atoms with van der Waals surface area (Å²) in [5.41, 5.74) is 10.8. The highest BCUT2D eigenvalue weighted by molar-refractivity contribution is 6.06. The minimum absolute atomic E-state index is 0. The van der Waals surface area contributed by atoms with Gasteiger partial charge < -0.3 is 12.4 Å². The Morgan fingerprint density at radius 2 is 1.65 bits per heavy atom.